The van der Waals surface area contributed by atoms with E-state index in [4.69, 9.17) is 14.6 Å². The van der Waals surface area contributed by atoms with Crippen LogP contribution in [0.25, 0.3) is 22.2 Å². The number of nitrogens with two attached hydrogens (primary N) is 1. The molecule has 0 bridgehead atoms. The fourth-order valence-corrected chi connectivity index (χ4v) is 2.38. The Balaban J connectivity index is 1.85. The van der Waals surface area contributed by atoms with E-state index in [0.29, 0.717) is 33.8 Å². The van der Waals surface area contributed by atoms with Gasteiger partial charge in [-0.1, -0.05) is 18.2 Å². The number of anilines is 1. The second-order valence-electron chi connectivity index (χ2n) is 4.72. The summed E-state index contributed by atoms with van der Waals surface area (Å²) in [6.07, 6.45) is 0. The first-order chi connectivity index (χ1) is 10.2. The molecule has 0 atom stereocenters. The van der Waals surface area contributed by atoms with Crippen LogP contribution in [0.3, 0.4) is 0 Å². The molecule has 2 aromatic carbocycles. The molecule has 2 aromatic heterocycles. The largest absolute Gasteiger partial charge is 0.439 e. The van der Waals surface area contributed by atoms with E-state index in [1.165, 1.54) is 4.57 Å². The molecule has 0 saturated heterocycles. The fraction of sp³-hybridized carbons (Fsp3) is 0.0667. The maximum Gasteiger partial charge on any atom is 0.420 e. The van der Waals surface area contributed by atoms with Crippen molar-refractivity contribution in [3.05, 3.63) is 58.9 Å². The summed E-state index contributed by atoms with van der Waals surface area (Å²) in [5, 5.41) is 0. The van der Waals surface area contributed by atoms with Crippen LogP contribution in [-0.4, -0.2) is 9.55 Å². The Labute approximate surface area is 118 Å². The van der Waals surface area contributed by atoms with Crippen LogP contribution in [0.1, 0.15) is 5.89 Å². The minimum absolute atomic E-state index is 0.198. The predicted octanol–water partition coefficient (Wildman–Crippen LogP) is 2.37. The highest BCUT2D eigenvalue weighted by molar-refractivity contribution is 5.85. The van der Waals surface area contributed by atoms with Crippen molar-refractivity contribution in [2.75, 3.05) is 5.73 Å². The van der Waals surface area contributed by atoms with Crippen LogP contribution in [0.15, 0.2) is 56.1 Å². The van der Waals surface area contributed by atoms with Gasteiger partial charge in [0.05, 0.1) is 11.2 Å². The molecule has 4 aromatic rings. The molecule has 6 heteroatoms. The van der Waals surface area contributed by atoms with Gasteiger partial charge in [0, 0.05) is 0 Å². The van der Waals surface area contributed by atoms with E-state index in [0.717, 1.165) is 0 Å². The molecule has 0 fully saturated rings. The maximum atomic E-state index is 11.9. The molecule has 0 unspecified atom stereocenters. The number of para-hydroxylation sites is 3. The lowest BCUT2D eigenvalue weighted by atomic mass is 10.3. The van der Waals surface area contributed by atoms with E-state index in [9.17, 15) is 4.79 Å². The van der Waals surface area contributed by atoms with Gasteiger partial charge in [-0.15, -0.1) is 0 Å². The van der Waals surface area contributed by atoms with Gasteiger partial charge in [0.15, 0.2) is 11.2 Å². The number of benzene rings is 2. The zero-order valence-electron chi connectivity index (χ0n) is 10.9. The van der Waals surface area contributed by atoms with Crippen LogP contribution in [0, 0.1) is 0 Å². The van der Waals surface area contributed by atoms with E-state index in [2.05, 4.69) is 4.98 Å². The number of hydrogen-bond donors (Lipinski definition) is 1. The summed E-state index contributed by atoms with van der Waals surface area (Å²) in [5.41, 5.74) is 8.86. The summed E-state index contributed by atoms with van der Waals surface area (Å²) in [5.74, 6) is -0.0250. The summed E-state index contributed by atoms with van der Waals surface area (Å²) in [4.78, 5) is 16.3. The van der Waals surface area contributed by atoms with Crippen molar-refractivity contribution in [1.82, 2.24) is 9.55 Å². The molecule has 2 N–H and O–H groups in total. The molecule has 4 rings (SSSR count). The van der Waals surface area contributed by atoms with Crippen molar-refractivity contribution in [1.29, 1.82) is 0 Å². The van der Waals surface area contributed by atoms with E-state index in [-0.39, 0.29) is 6.54 Å². The highest BCUT2D eigenvalue weighted by Crippen LogP contribution is 2.22. The third-order valence-corrected chi connectivity index (χ3v) is 3.36. The summed E-state index contributed by atoms with van der Waals surface area (Å²) in [7, 11) is 0. The van der Waals surface area contributed by atoms with Crippen molar-refractivity contribution in [2.45, 2.75) is 6.54 Å². The van der Waals surface area contributed by atoms with Crippen molar-refractivity contribution in [3.63, 3.8) is 0 Å². The monoisotopic (exact) mass is 281 g/mol. The van der Waals surface area contributed by atoms with Gasteiger partial charge in [0.2, 0.25) is 5.89 Å². The highest BCUT2D eigenvalue weighted by atomic mass is 16.4. The number of rotatable bonds is 2. The molecule has 21 heavy (non-hydrogen) atoms. The zero-order chi connectivity index (χ0) is 14.4. The first-order valence-corrected chi connectivity index (χ1v) is 6.44. The lowest BCUT2D eigenvalue weighted by Gasteiger charge is -1.97. The van der Waals surface area contributed by atoms with Crippen molar-refractivity contribution < 1.29 is 8.83 Å². The molecule has 104 valence electrons. The molecule has 0 saturated carbocycles. The second-order valence-corrected chi connectivity index (χ2v) is 4.72. The number of oxazole rings is 2. The topological polar surface area (TPSA) is 87.2 Å². The Morgan fingerprint density at radius 3 is 2.71 bits per heavy atom. The molecule has 0 aliphatic rings. The van der Waals surface area contributed by atoms with Crippen LogP contribution >= 0.6 is 0 Å². The van der Waals surface area contributed by atoms with Crippen molar-refractivity contribution in [3.8, 4) is 0 Å². The van der Waals surface area contributed by atoms with Crippen molar-refractivity contribution >= 4 is 27.9 Å². The van der Waals surface area contributed by atoms with Gasteiger partial charge >= 0.3 is 5.76 Å². The normalized spacial score (nSPS) is 11.4. The molecule has 2 heterocycles. The number of aromatic nitrogens is 2. The van der Waals surface area contributed by atoms with Gasteiger partial charge in [0.1, 0.15) is 12.1 Å². The standard InChI is InChI=1S/C15H11N3O3/c16-9-4-3-7-12-14(9)17-13(20-12)8-18-10-5-1-2-6-11(10)21-15(18)19/h1-7H,8,16H2. The molecular weight excluding hydrogens is 270 g/mol. The minimum atomic E-state index is -0.438. The van der Waals surface area contributed by atoms with Gasteiger partial charge in [0.25, 0.3) is 0 Å². The van der Waals surface area contributed by atoms with Gasteiger partial charge in [-0.3, -0.25) is 4.57 Å². The number of hydrogen-bond acceptors (Lipinski definition) is 5. The Morgan fingerprint density at radius 1 is 1.05 bits per heavy atom. The first-order valence-electron chi connectivity index (χ1n) is 6.44. The number of nitrogens with zero attached hydrogens (tertiary/aromatic N) is 2. The summed E-state index contributed by atoms with van der Waals surface area (Å²) in [6, 6.07) is 12.6. The van der Waals surface area contributed by atoms with Crippen molar-refractivity contribution in [2.24, 2.45) is 0 Å². The molecular formula is C15H11N3O3. The number of nitrogen functional groups attached to an aromatic ring is 1. The van der Waals surface area contributed by atoms with E-state index in [1.54, 1.807) is 24.3 Å². The lowest BCUT2D eigenvalue weighted by Crippen LogP contribution is -2.14. The fourth-order valence-electron chi connectivity index (χ4n) is 2.38. The summed E-state index contributed by atoms with van der Waals surface area (Å²) < 4.78 is 12.3. The smallest absolute Gasteiger partial charge is 0.420 e. The van der Waals surface area contributed by atoms with Crippen LogP contribution in [0.4, 0.5) is 5.69 Å². The second kappa shape index (κ2) is 4.24. The molecule has 6 nitrogen and oxygen atoms in total. The SMILES string of the molecule is Nc1cccc2oc(Cn3c(=O)oc4ccccc43)nc12. The van der Waals surface area contributed by atoms with Gasteiger partial charge in [-0.05, 0) is 24.3 Å². The molecule has 0 aliphatic heterocycles. The lowest BCUT2D eigenvalue weighted by molar-refractivity contribution is 0.472. The van der Waals surface area contributed by atoms with Gasteiger partial charge in [-0.25, -0.2) is 9.78 Å². The van der Waals surface area contributed by atoms with Crippen LogP contribution < -0.4 is 11.5 Å². The van der Waals surface area contributed by atoms with Crippen LogP contribution in [0.2, 0.25) is 0 Å². The molecule has 0 aliphatic carbocycles. The van der Waals surface area contributed by atoms with E-state index in [1.807, 2.05) is 18.2 Å². The van der Waals surface area contributed by atoms with E-state index >= 15 is 0 Å². The van der Waals surface area contributed by atoms with Crippen LogP contribution in [0.5, 0.6) is 0 Å². The quantitative estimate of drug-likeness (QED) is 0.570. The highest BCUT2D eigenvalue weighted by Gasteiger charge is 2.13. The van der Waals surface area contributed by atoms with Gasteiger partial charge < -0.3 is 14.6 Å². The van der Waals surface area contributed by atoms with Gasteiger partial charge in [-0.2, -0.15) is 0 Å². The third kappa shape index (κ3) is 1.80. The Hall–Kier alpha value is -3.02. The average Bonchev–Trinajstić information content (AvgIpc) is 3.02. The number of fused-ring (bicyclic) bond motifs is 2. The summed E-state index contributed by atoms with van der Waals surface area (Å²) in [6.45, 7) is 0.198. The summed E-state index contributed by atoms with van der Waals surface area (Å²) >= 11 is 0. The zero-order valence-corrected chi connectivity index (χ0v) is 10.9. The van der Waals surface area contributed by atoms with Crippen LogP contribution in [-0.2, 0) is 6.54 Å². The Kier molecular flexibility index (Phi) is 2.38. The maximum absolute atomic E-state index is 11.9. The molecule has 0 amide bonds. The Morgan fingerprint density at radius 2 is 1.86 bits per heavy atom. The Bertz CT molecular complexity index is 1010. The third-order valence-electron chi connectivity index (χ3n) is 3.36. The minimum Gasteiger partial charge on any atom is -0.439 e. The predicted molar refractivity (Wildman–Crippen MR) is 78.0 cm³/mol. The van der Waals surface area contributed by atoms with E-state index < -0.39 is 5.76 Å². The first kappa shape index (κ1) is 11.8. The molecule has 0 radical (unpaired) electrons. The molecule has 0 spiro atoms. The average molecular weight is 281 g/mol.